The largest absolute Gasteiger partial charge is 0.320 e. The van der Waals surface area contributed by atoms with E-state index in [0.717, 1.165) is 32.3 Å². The van der Waals surface area contributed by atoms with Gasteiger partial charge in [-0.3, -0.25) is 0 Å². The lowest BCUT2D eigenvalue weighted by atomic mass is 9.91. The van der Waals surface area contributed by atoms with Gasteiger partial charge in [0.25, 0.3) is 0 Å². The topological polar surface area (TPSA) is 26.0 Å². The van der Waals surface area contributed by atoms with E-state index in [9.17, 15) is 4.39 Å². The first kappa shape index (κ1) is 14.2. The average molecular weight is 322 g/mol. The van der Waals surface area contributed by atoms with Gasteiger partial charge in [0.05, 0.1) is 6.04 Å². The average Bonchev–Trinajstić information content (AvgIpc) is 2.25. The van der Waals surface area contributed by atoms with E-state index in [1.807, 2.05) is 32.9 Å². The molecule has 2 aromatic carbocycles. The summed E-state index contributed by atoms with van der Waals surface area (Å²) in [5, 5.41) is 0. The van der Waals surface area contributed by atoms with Gasteiger partial charge in [0, 0.05) is 4.47 Å². The molecule has 0 bridgehead atoms. The predicted octanol–water partition coefficient (Wildman–Crippen LogP) is 4.56. The van der Waals surface area contributed by atoms with E-state index < -0.39 is 0 Å². The molecule has 0 heterocycles. The van der Waals surface area contributed by atoms with E-state index in [1.54, 1.807) is 0 Å². The molecule has 0 saturated heterocycles. The molecular formula is C16H17BrFN. The highest BCUT2D eigenvalue weighted by molar-refractivity contribution is 9.10. The van der Waals surface area contributed by atoms with Gasteiger partial charge < -0.3 is 5.73 Å². The molecule has 0 aliphatic carbocycles. The quantitative estimate of drug-likeness (QED) is 0.862. The van der Waals surface area contributed by atoms with Crippen LogP contribution in [0.4, 0.5) is 4.39 Å². The lowest BCUT2D eigenvalue weighted by Gasteiger charge is -2.19. The summed E-state index contributed by atoms with van der Waals surface area (Å²) in [6, 6.07) is 8.95. The van der Waals surface area contributed by atoms with Crippen molar-refractivity contribution in [3.63, 3.8) is 0 Å². The van der Waals surface area contributed by atoms with E-state index in [1.165, 1.54) is 12.1 Å². The summed E-state index contributed by atoms with van der Waals surface area (Å²) in [5.74, 6) is -0.212. The van der Waals surface area contributed by atoms with Crippen LogP contribution in [0.3, 0.4) is 0 Å². The number of halogens is 2. The first-order valence-electron chi connectivity index (χ1n) is 6.18. The van der Waals surface area contributed by atoms with Crippen LogP contribution in [0.1, 0.15) is 33.9 Å². The Morgan fingerprint density at radius 2 is 1.58 bits per heavy atom. The van der Waals surface area contributed by atoms with Crippen LogP contribution >= 0.6 is 15.9 Å². The van der Waals surface area contributed by atoms with Gasteiger partial charge in [-0.05, 0) is 72.9 Å². The van der Waals surface area contributed by atoms with E-state index in [0.29, 0.717) is 0 Å². The highest BCUT2D eigenvalue weighted by atomic mass is 79.9. The summed E-state index contributed by atoms with van der Waals surface area (Å²) in [7, 11) is 0. The highest BCUT2D eigenvalue weighted by Gasteiger charge is 2.15. The lowest BCUT2D eigenvalue weighted by Crippen LogP contribution is -2.15. The molecule has 2 aromatic rings. The standard InChI is InChI=1S/C16H17BrFN/c1-9-4-12(8-13(17)5-9)16(19)15-10(2)6-14(18)7-11(15)3/h4-8,16H,19H2,1-3H3. The number of hydrogen-bond acceptors (Lipinski definition) is 1. The fraction of sp³-hybridized carbons (Fsp3) is 0.250. The molecule has 2 N–H and O–H groups in total. The second-order valence-corrected chi connectivity index (χ2v) is 5.91. The Kier molecular flexibility index (Phi) is 4.07. The van der Waals surface area contributed by atoms with Crippen molar-refractivity contribution >= 4 is 15.9 Å². The maximum absolute atomic E-state index is 13.4. The Balaban J connectivity index is 2.52. The zero-order chi connectivity index (χ0) is 14.2. The fourth-order valence-corrected chi connectivity index (χ4v) is 3.15. The summed E-state index contributed by atoms with van der Waals surface area (Å²) < 4.78 is 14.4. The van der Waals surface area contributed by atoms with Crippen molar-refractivity contribution in [1.82, 2.24) is 0 Å². The first-order chi connectivity index (χ1) is 8.88. The van der Waals surface area contributed by atoms with Crippen LogP contribution in [0.5, 0.6) is 0 Å². The van der Waals surface area contributed by atoms with Gasteiger partial charge >= 0.3 is 0 Å². The molecule has 0 amide bonds. The Morgan fingerprint density at radius 1 is 1.00 bits per heavy atom. The Labute approximate surface area is 121 Å². The van der Waals surface area contributed by atoms with Gasteiger partial charge in [-0.1, -0.05) is 22.0 Å². The molecule has 0 aliphatic rings. The Morgan fingerprint density at radius 3 is 2.11 bits per heavy atom. The van der Waals surface area contributed by atoms with E-state index in [-0.39, 0.29) is 11.9 Å². The molecule has 19 heavy (non-hydrogen) atoms. The normalized spacial score (nSPS) is 12.5. The van der Waals surface area contributed by atoms with Crippen LogP contribution < -0.4 is 5.73 Å². The summed E-state index contributed by atoms with van der Waals surface area (Å²) in [5.41, 5.74) is 11.3. The molecule has 0 saturated carbocycles. The van der Waals surface area contributed by atoms with Gasteiger partial charge in [-0.2, -0.15) is 0 Å². The van der Waals surface area contributed by atoms with Gasteiger partial charge in [0.15, 0.2) is 0 Å². The second kappa shape index (κ2) is 5.43. The Bertz CT molecular complexity index is 579. The minimum Gasteiger partial charge on any atom is -0.320 e. The van der Waals surface area contributed by atoms with Gasteiger partial charge in [-0.15, -0.1) is 0 Å². The van der Waals surface area contributed by atoms with Crippen molar-refractivity contribution in [3.05, 3.63) is 68.4 Å². The van der Waals surface area contributed by atoms with Gasteiger partial charge in [0.1, 0.15) is 5.82 Å². The van der Waals surface area contributed by atoms with Crippen LogP contribution in [0.2, 0.25) is 0 Å². The van der Waals surface area contributed by atoms with E-state index >= 15 is 0 Å². The maximum Gasteiger partial charge on any atom is 0.123 e. The third-order valence-electron chi connectivity index (χ3n) is 3.29. The van der Waals surface area contributed by atoms with Crippen molar-refractivity contribution in [3.8, 4) is 0 Å². The molecule has 0 aromatic heterocycles. The minimum absolute atomic E-state index is 0.212. The first-order valence-corrected chi connectivity index (χ1v) is 6.97. The molecule has 2 rings (SSSR count). The van der Waals surface area contributed by atoms with Crippen molar-refractivity contribution in [2.45, 2.75) is 26.8 Å². The fourth-order valence-electron chi connectivity index (χ4n) is 2.52. The molecule has 100 valence electrons. The molecule has 1 atom stereocenters. The monoisotopic (exact) mass is 321 g/mol. The third kappa shape index (κ3) is 3.04. The van der Waals surface area contributed by atoms with Crippen molar-refractivity contribution in [2.24, 2.45) is 5.73 Å². The molecule has 0 fully saturated rings. The van der Waals surface area contributed by atoms with Crippen molar-refractivity contribution in [1.29, 1.82) is 0 Å². The van der Waals surface area contributed by atoms with E-state index in [4.69, 9.17) is 5.73 Å². The molecule has 0 spiro atoms. The number of benzene rings is 2. The lowest BCUT2D eigenvalue weighted by molar-refractivity contribution is 0.623. The molecule has 0 radical (unpaired) electrons. The summed E-state index contributed by atoms with van der Waals surface area (Å²) in [6.07, 6.45) is 0. The number of nitrogens with two attached hydrogens (primary N) is 1. The van der Waals surface area contributed by atoms with Crippen LogP contribution in [0.15, 0.2) is 34.8 Å². The third-order valence-corrected chi connectivity index (χ3v) is 3.75. The Hall–Kier alpha value is -1.19. The van der Waals surface area contributed by atoms with Crippen molar-refractivity contribution in [2.75, 3.05) is 0 Å². The predicted molar refractivity (Wildman–Crippen MR) is 80.8 cm³/mol. The minimum atomic E-state index is -0.239. The van der Waals surface area contributed by atoms with Crippen LogP contribution in [0.25, 0.3) is 0 Å². The summed E-state index contributed by atoms with van der Waals surface area (Å²) >= 11 is 3.49. The summed E-state index contributed by atoms with van der Waals surface area (Å²) in [6.45, 7) is 5.83. The maximum atomic E-state index is 13.4. The van der Waals surface area contributed by atoms with Crippen molar-refractivity contribution < 1.29 is 4.39 Å². The zero-order valence-corrected chi connectivity index (χ0v) is 12.9. The van der Waals surface area contributed by atoms with Crippen LogP contribution in [-0.4, -0.2) is 0 Å². The highest BCUT2D eigenvalue weighted by Crippen LogP contribution is 2.29. The van der Waals surface area contributed by atoms with Crippen LogP contribution in [-0.2, 0) is 0 Å². The van der Waals surface area contributed by atoms with Gasteiger partial charge in [0.2, 0.25) is 0 Å². The smallest absolute Gasteiger partial charge is 0.123 e. The van der Waals surface area contributed by atoms with Crippen LogP contribution in [0, 0.1) is 26.6 Å². The number of aryl methyl sites for hydroxylation is 3. The van der Waals surface area contributed by atoms with E-state index in [2.05, 4.69) is 22.0 Å². The molecule has 1 nitrogen and oxygen atoms in total. The number of hydrogen-bond donors (Lipinski definition) is 1. The molecule has 0 aliphatic heterocycles. The summed E-state index contributed by atoms with van der Waals surface area (Å²) in [4.78, 5) is 0. The zero-order valence-electron chi connectivity index (χ0n) is 11.3. The molecule has 3 heteroatoms. The molecule has 1 unspecified atom stereocenters. The number of rotatable bonds is 2. The second-order valence-electron chi connectivity index (χ2n) is 4.99. The van der Waals surface area contributed by atoms with Gasteiger partial charge in [-0.25, -0.2) is 4.39 Å². The SMILES string of the molecule is Cc1cc(Br)cc(C(N)c2c(C)cc(F)cc2C)c1. The molecular weight excluding hydrogens is 305 g/mol.